The van der Waals surface area contributed by atoms with Crippen molar-refractivity contribution in [1.82, 2.24) is 0 Å². The van der Waals surface area contributed by atoms with Crippen LogP contribution in [0.2, 0.25) is 0 Å². The number of esters is 1. The van der Waals surface area contributed by atoms with Crippen molar-refractivity contribution < 1.29 is 24.1 Å². The SMILES string of the molecule is C=C(C)C(=O)OCCOc1cc(-c2ccc(-c3ccccc3C)cc2)ccc1OCCO. The highest BCUT2D eigenvalue weighted by molar-refractivity contribution is 5.86. The van der Waals surface area contributed by atoms with Crippen LogP contribution in [0, 0.1) is 6.92 Å². The molecule has 0 atom stereocenters. The van der Waals surface area contributed by atoms with Crippen molar-refractivity contribution in [1.29, 1.82) is 0 Å². The molecular formula is C27H28O5. The third-order valence-electron chi connectivity index (χ3n) is 4.89. The van der Waals surface area contributed by atoms with Crippen LogP contribution >= 0.6 is 0 Å². The van der Waals surface area contributed by atoms with Crippen LogP contribution < -0.4 is 9.47 Å². The van der Waals surface area contributed by atoms with Gasteiger partial charge in [-0.25, -0.2) is 4.79 Å². The number of aliphatic hydroxyl groups excluding tert-OH is 1. The number of aryl methyl sites for hydroxylation is 1. The Morgan fingerprint density at radius 1 is 0.844 bits per heavy atom. The van der Waals surface area contributed by atoms with E-state index in [1.54, 1.807) is 6.92 Å². The van der Waals surface area contributed by atoms with Gasteiger partial charge >= 0.3 is 5.97 Å². The summed E-state index contributed by atoms with van der Waals surface area (Å²) in [5.41, 5.74) is 5.94. The number of ether oxygens (including phenoxy) is 3. The maximum absolute atomic E-state index is 11.5. The number of hydrogen-bond acceptors (Lipinski definition) is 5. The average molecular weight is 433 g/mol. The number of aliphatic hydroxyl groups is 1. The van der Waals surface area contributed by atoms with Gasteiger partial charge in [-0.3, -0.25) is 0 Å². The molecule has 1 N–H and O–H groups in total. The Balaban J connectivity index is 1.77. The second-order valence-electron chi connectivity index (χ2n) is 7.39. The molecule has 0 amide bonds. The van der Waals surface area contributed by atoms with Crippen LogP contribution in [0.5, 0.6) is 11.5 Å². The summed E-state index contributed by atoms with van der Waals surface area (Å²) in [6.07, 6.45) is 0. The first-order valence-corrected chi connectivity index (χ1v) is 10.5. The largest absolute Gasteiger partial charge is 0.487 e. The first-order chi connectivity index (χ1) is 15.5. The summed E-state index contributed by atoms with van der Waals surface area (Å²) in [4.78, 5) is 11.5. The fourth-order valence-corrected chi connectivity index (χ4v) is 3.22. The third-order valence-corrected chi connectivity index (χ3v) is 4.89. The summed E-state index contributed by atoms with van der Waals surface area (Å²) in [5.74, 6) is 0.587. The van der Waals surface area contributed by atoms with Crippen molar-refractivity contribution in [2.24, 2.45) is 0 Å². The smallest absolute Gasteiger partial charge is 0.333 e. The zero-order valence-corrected chi connectivity index (χ0v) is 18.5. The summed E-state index contributed by atoms with van der Waals surface area (Å²) in [6, 6.07) is 22.3. The van der Waals surface area contributed by atoms with E-state index in [-0.39, 0.29) is 26.4 Å². The maximum Gasteiger partial charge on any atom is 0.333 e. The molecule has 0 aliphatic heterocycles. The van der Waals surface area contributed by atoms with E-state index in [2.05, 4.69) is 49.9 Å². The van der Waals surface area contributed by atoms with Gasteiger partial charge < -0.3 is 19.3 Å². The molecule has 5 heteroatoms. The lowest BCUT2D eigenvalue weighted by Crippen LogP contribution is -2.13. The first kappa shape index (κ1) is 23.1. The highest BCUT2D eigenvalue weighted by atomic mass is 16.6. The topological polar surface area (TPSA) is 65.0 Å². The molecule has 0 saturated heterocycles. The minimum absolute atomic E-state index is 0.0977. The van der Waals surface area contributed by atoms with E-state index in [4.69, 9.17) is 19.3 Å². The Kier molecular flexibility index (Phi) is 8.06. The fourth-order valence-electron chi connectivity index (χ4n) is 3.22. The molecule has 0 heterocycles. The Bertz CT molecular complexity index is 1070. The summed E-state index contributed by atoms with van der Waals surface area (Å²) in [5, 5.41) is 9.09. The predicted octanol–water partition coefficient (Wildman–Crippen LogP) is 5.20. The number of rotatable bonds is 10. The van der Waals surface area contributed by atoms with E-state index >= 15 is 0 Å². The zero-order chi connectivity index (χ0) is 22.9. The molecule has 0 fully saturated rings. The Labute approximate surface area is 188 Å². The fraction of sp³-hybridized carbons (Fsp3) is 0.222. The van der Waals surface area contributed by atoms with E-state index in [0.717, 1.165) is 16.7 Å². The number of benzene rings is 3. The second-order valence-corrected chi connectivity index (χ2v) is 7.39. The number of carbonyl (C=O) groups is 1. The van der Waals surface area contributed by atoms with Crippen LogP contribution in [0.4, 0.5) is 0 Å². The second kappa shape index (κ2) is 11.2. The van der Waals surface area contributed by atoms with Crippen molar-refractivity contribution in [2.45, 2.75) is 13.8 Å². The van der Waals surface area contributed by atoms with Gasteiger partial charge in [0.1, 0.15) is 19.8 Å². The minimum Gasteiger partial charge on any atom is -0.487 e. The van der Waals surface area contributed by atoms with Gasteiger partial charge in [0, 0.05) is 5.57 Å². The highest BCUT2D eigenvalue weighted by Crippen LogP contribution is 2.34. The van der Waals surface area contributed by atoms with Crippen molar-refractivity contribution >= 4 is 5.97 Å². The van der Waals surface area contributed by atoms with E-state index in [0.29, 0.717) is 17.1 Å². The van der Waals surface area contributed by atoms with Crippen LogP contribution in [-0.4, -0.2) is 37.5 Å². The summed E-state index contributed by atoms with van der Waals surface area (Å²) in [7, 11) is 0. The van der Waals surface area contributed by atoms with Crippen LogP contribution in [0.25, 0.3) is 22.3 Å². The van der Waals surface area contributed by atoms with Crippen molar-refractivity contribution in [2.75, 3.05) is 26.4 Å². The monoisotopic (exact) mass is 432 g/mol. The molecule has 0 aromatic heterocycles. The van der Waals surface area contributed by atoms with Gasteiger partial charge in [0.25, 0.3) is 0 Å². The van der Waals surface area contributed by atoms with Gasteiger partial charge in [0.05, 0.1) is 6.61 Å². The number of carbonyl (C=O) groups excluding carboxylic acids is 1. The molecule has 32 heavy (non-hydrogen) atoms. The van der Waals surface area contributed by atoms with E-state index in [9.17, 15) is 4.79 Å². The molecule has 3 aromatic rings. The van der Waals surface area contributed by atoms with Crippen LogP contribution in [-0.2, 0) is 9.53 Å². The maximum atomic E-state index is 11.5. The van der Waals surface area contributed by atoms with Gasteiger partial charge in [-0.05, 0) is 53.8 Å². The van der Waals surface area contributed by atoms with E-state index in [1.165, 1.54) is 11.1 Å². The molecular weight excluding hydrogens is 404 g/mol. The van der Waals surface area contributed by atoms with E-state index < -0.39 is 5.97 Å². The van der Waals surface area contributed by atoms with Gasteiger partial charge in [-0.15, -0.1) is 0 Å². The summed E-state index contributed by atoms with van der Waals surface area (Å²) < 4.78 is 16.5. The molecule has 0 unspecified atom stereocenters. The highest BCUT2D eigenvalue weighted by Gasteiger charge is 2.10. The van der Waals surface area contributed by atoms with Crippen LogP contribution in [0.15, 0.2) is 78.9 Å². The first-order valence-electron chi connectivity index (χ1n) is 10.5. The quantitative estimate of drug-likeness (QED) is 0.271. The van der Waals surface area contributed by atoms with Crippen LogP contribution in [0.1, 0.15) is 12.5 Å². The molecule has 0 aliphatic rings. The predicted molar refractivity (Wildman–Crippen MR) is 126 cm³/mol. The third kappa shape index (κ3) is 5.99. The summed E-state index contributed by atoms with van der Waals surface area (Å²) >= 11 is 0. The minimum atomic E-state index is -0.451. The standard InChI is InChI=1S/C27H28O5/c1-19(2)27(29)32-17-16-31-26-18-23(12-13-25(26)30-15-14-28)21-8-10-22(11-9-21)24-7-5-4-6-20(24)3/h4-13,18,28H,1,14-17H2,2-3H3. The lowest BCUT2D eigenvalue weighted by molar-refractivity contribution is -0.139. The van der Waals surface area contributed by atoms with Crippen molar-refractivity contribution in [3.05, 3.63) is 84.4 Å². The Morgan fingerprint density at radius 3 is 2.19 bits per heavy atom. The van der Waals surface area contributed by atoms with E-state index in [1.807, 2.05) is 30.3 Å². The number of hydrogen-bond donors (Lipinski definition) is 1. The molecule has 0 saturated carbocycles. The molecule has 3 aromatic carbocycles. The molecule has 0 radical (unpaired) electrons. The molecule has 0 bridgehead atoms. The van der Waals surface area contributed by atoms with Crippen molar-refractivity contribution in [3.8, 4) is 33.8 Å². The zero-order valence-electron chi connectivity index (χ0n) is 18.5. The van der Waals surface area contributed by atoms with Gasteiger partial charge in [-0.1, -0.05) is 61.2 Å². The lowest BCUT2D eigenvalue weighted by atomic mass is 9.97. The average Bonchev–Trinajstić information content (AvgIpc) is 2.81. The normalized spacial score (nSPS) is 10.5. The van der Waals surface area contributed by atoms with Gasteiger partial charge in [-0.2, -0.15) is 0 Å². The molecule has 166 valence electrons. The van der Waals surface area contributed by atoms with Crippen LogP contribution in [0.3, 0.4) is 0 Å². The molecule has 5 nitrogen and oxygen atoms in total. The molecule has 0 aliphatic carbocycles. The lowest BCUT2D eigenvalue weighted by Gasteiger charge is -2.14. The van der Waals surface area contributed by atoms with Crippen molar-refractivity contribution in [3.63, 3.8) is 0 Å². The summed E-state index contributed by atoms with van der Waals surface area (Å²) in [6.45, 7) is 7.58. The molecule has 0 spiro atoms. The Morgan fingerprint density at radius 2 is 1.50 bits per heavy atom. The Hall–Kier alpha value is -3.57. The van der Waals surface area contributed by atoms with Gasteiger partial charge in [0.15, 0.2) is 11.5 Å². The van der Waals surface area contributed by atoms with Gasteiger partial charge in [0.2, 0.25) is 0 Å². The molecule has 3 rings (SSSR count).